The third-order valence-corrected chi connectivity index (χ3v) is 4.39. The maximum atomic E-state index is 13.2. The van der Waals surface area contributed by atoms with Crippen molar-refractivity contribution < 1.29 is 23.1 Å². The van der Waals surface area contributed by atoms with Crippen LogP contribution < -0.4 is 5.32 Å². The van der Waals surface area contributed by atoms with Crippen LogP contribution in [0.15, 0.2) is 23.6 Å². The Kier molecular flexibility index (Phi) is 6.68. The average Bonchev–Trinajstić information content (AvgIpc) is 2.98. The molecule has 24 heavy (non-hydrogen) atoms. The molecule has 0 aliphatic rings. The van der Waals surface area contributed by atoms with Gasteiger partial charge in [0.1, 0.15) is 0 Å². The molecule has 2 rings (SSSR count). The van der Waals surface area contributed by atoms with Crippen molar-refractivity contribution in [2.75, 3.05) is 23.4 Å². The van der Waals surface area contributed by atoms with Gasteiger partial charge in [0, 0.05) is 10.9 Å². The van der Waals surface area contributed by atoms with E-state index in [2.05, 4.69) is 10.3 Å². The molecule has 0 saturated carbocycles. The number of hydrogen-bond acceptors (Lipinski definition) is 6. The number of carbonyl (C=O) groups excluding carboxylic acids is 2. The van der Waals surface area contributed by atoms with Crippen molar-refractivity contribution in [1.29, 1.82) is 0 Å². The highest BCUT2D eigenvalue weighted by atomic mass is 32.2. The van der Waals surface area contributed by atoms with Crippen molar-refractivity contribution in [3.8, 4) is 11.3 Å². The highest BCUT2D eigenvalue weighted by molar-refractivity contribution is 8.00. The predicted molar refractivity (Wildman–Crippen MR) is 90.1 cm³/mol. The number of nitrogens with one attached hydrogen (secondary N) is 1. The molecule has 128 valence electrons. The number of ether oxygens (including phenoxy) is 1. The van der Waals surface area contributed by atoms with Gasteiger partial charge in [-0.3, -0.25) is 9.59 Å². The Morgan fingerprint density at radius 2 is 2.08 bits per heavy atom. The number of amides is 1. The van der Waals surface area contributed by atoms with Crippen LogP contribution in [0.1, 0.15) is 6.92 Å². The predicted octanol–water partition coefficient (Wildman–Crippen LogP) is 3.32. The number of thiazole rings is 1. The molecule has 0 unspecified atom stereocenters. The molecule has 2 aromatic rings. The van der Waals surface area contributed by atoms with Crippen LogP contribution in [-0.2, 0) is 14.3 Å². The molecule has 0 radical (unpaired) electrons. The summed E-state index contributed by atoms with van der Waals surface area (Å²) in [7, 11) is 0. The summed E-state index contributed by atoms with van der Waals surface area (Å²) in [6.45, 7) is 2.01. The second kappa shape index (κ2) is 8.74. The zero-order valence-electron chi connectivity index (χ0n) is 12.7. The average molecular weight is 372 g/mol. The summed E-state index contributed by atoms with van der Waals surface area (Å²) in [4.78, 5) is 27.1. The van der Waals surface area contributed by atoms with Crippen LogP contribution in [0.2, 0.25) is 0 Å². The molecule has 0 aliphatic carbocycles. The minimum atomic E-state index is -0.957. The van der Waals surface area contributed by atoms with Gasteiger partial charge in [0.25, 0.3) is 0 Å². The fraction of sp³-hybridized carbons (Fsp3) is 0.267. The number of benzene rings is 1. The summed E-state index contributed by atoms with van der Waals surface area (Å²) >= 11 is 2.30. The maximum absolute atomic E-state index is 13.2. The Morgan fingerprint density at radius 3 is 2.79 bits per heavy atom. The fourth-order valence-electron chi connectivity index (χ4n) is 1.70. The quantitative estimate of drug-likeness (QED) is 0.755. The third-order valence-electron chi connectivity index (χ3n) is 2.72. The minimum absolute atomic E-state index is 0.0822. The molecule has 1 aromatic carbocycles. The number of hydrogen-bond donors (Lipinski definition) is 1. The topological polar surface area (TPSA) is 68.3 Å². The van der Waals surface area contributed by atoms with Crippen LogP contribution in [0.3, 0.4) is 0 Å². The first-order valence-corrected chi connectivity index (χ1v) is 8.97. The number of nitrogens with zero attached hydrogens (tertiary/aromatic N) is 1. The second-order valence-corrected chi connectivity index (χ2v) is 6.36. The minimum Gasteiger partial charge on any atom is -0.465 e. The van der Waals surface area contributed by atoms with Crippen molar-refractivity contribution >= 4 is 40.1 Å². The van der Waals surface area contributed by atoms with Crippen molar-refractivity contribution in [3.05, 3.63) is 35.2 Å². The van der Waals surface area contributed by atoms with E-state index in [1.807, 2.05) is 0 Å². The Bertz CT molecular complexity index is 737. The summed E-state index contributed by atoms with van der Waals surface area (Å²) in [5, 5.41) is 4.57. The molecule has 5 nitrogen and oxygen atoms in total. The summed E-state index contributed by atoms with van der Waals surface area (Å²) in [5.74, 6) is -2.39. The number of halogens is 2. The Hall–Kier alpha value is -2.00. The van der Waals surface area contributed by atoms with Gasteiger partial charge in [-0.05, 0) is 25.1 Å². The zero-order valence-corrected chi connectivity index (χ0v) is 14.3. The standard InChI is InChI=1S/C15H14F2N2O3S2/c1-2-22-14(21)8-23-7-13(20)19-15-18-12(6-24-15)9-3-4-10(16)11(17)5-9/h3-6H,2,7-8H2,1H3,(H,18,19,20). The van der Waals surface area contributed by atoms with E-state index in [-0.39, 0.29) is 23.4 Å². The third kappa shape index (κ3) is 5.27. The van der Waals surface area contributed by atoms with Gasteiger partial charge in [-0.2, -0.15) is 0 Å². The second-order valence-electron chi connectivity index (χ2n) is 4.51. The van der Waals surface area contributed by atoms with Crippen LogP contribution in [0.25, 0.3) is 11.3 Å². The van der Waals surface area contributed by atoms with Crippen molar-refractivity contribution in [3.63, 3.8) is 0 Å². The SMILES string of the molecule is CCOC(=O)CSCC(=O)Nc1nc(-c2ccc(F)c(F)c2)cs1. The first kappa shape index (κ1) is 18.3. The lowest BCUT2D eigenvalue weighted by atomic mass is 10.2. The molecule has 1 amide bonds. The molecule has 1 N–H and O–H groups in total. The molecule has 0 aliphatic heterocycles. The van der Waals surface area contributed by atoms with Gasteiger partial charge in [0.2, 0.25) is 5.91 Å². The highest BCUT2D eigenvalue weighted by Crippen LogP contribution is 2.26. The molecule has 0 bridgehead atoms. The van der Waals surface area contributed by atoms with Crippen LogP contribution in [0.4, 0.5) is 13.9 Å². The lowest BCUT2D eigenvalue weighted by Gasteiger charge is -2.02. The molecular weight excluding hydrogens is 358 g/mol. The first-order chi connectivity index (χ1) is 11.5. The lowest BCUT2D eigenvalue weighted by Crippen LogP contribution is -2.16. The van der Waals surface area contributed by atoms with E-state index in [9.17, 15) is 18.4 Å². The number of thioether (sulfide) groups is 1. The molecule has 1 aromatic heterocycles. The summed E-state index contributed by atoms with van der Waals surface area (Å²) in [6.07, 6.45) is 0. The van der Waals surface area contributed by atoms with Gasteiger partial charge in [0.15, 0.2) is 16.8 Å². The smallest absolute Gasteiger partial charge is 0.315 e. The van der Waals surface area contributed by atoms with Gasteiger partial charge in [-0.1, -0.05) is 0 Å². The molecule has 0 spiro atoms. The fourth-order valence-corrected chi connectivity index (χ4v) is 3.05. The van der Waals surface area contributed by atoms with Gasteiger partial charge >= 0.3 is 5.97 Å². The number of anilines is 1. The molecule has 1 heterocycles. The van der Waals surface area contributed by atoms with Gasteiger partial charge in [-0.25, -0.2) is 13.8 Å². The zero-order chi connectivity index (χ0) is 17.5. The normalized spacial score (nSPS) is 10.5. The Labute approximate surface area is 145 Å². The van der Waals surface area contributed by atoms with E-state index < -0.39 is 11.6 Å². The van der Waals surface area contributed by atoms with Crippen LogP contribution in [-0.4, -0.2) is 35.0 Å². The van der Waals surface area contributed by atoms with E-state index in [1.165, 1.54) is 17.4 Å². The lowest BCUT2D eigenvalue weighted by molar-refractivity contribution is -0.139. The van der Waals surface area contributed by atoms with E-state index >= 15 is 0 Å². The number of esters is 1. The summed E-state index contributed by atoms with van der Waals surface area (Å²) in [6, 6.07) is 3.48. The van der Waals surface area contributed by atoms with Gasteiger partial charge in [0.05, 0.1) is 23.8 Å². The van der Waals surface area contributed by atoms with E-state index in [1.54, 1.807) is 12.3 Å². The van der Waals surface area contributed by atoms with E-state index in [0.29, 0.717) is 23.0 Å². The Balaban J connectivity index is 1.88. The molecular formula is C15H14F2N2O3S2. The van der Waals surface area contributed by atoms with Gasteiger partial charge in [-0.15, -0.1) is 23.1 Å². The van der Waals surface area contributed by atoms with Crippen LogP contribution in [0.5, 0.6) is 0 Å². The molecule has 0 atom stereocenters. The van der Waals surface area contributed by atoms with Crippen molar-refractivity contribution in [2.45, 2.75) is 6.92 Å². The Morgan fingerprint density at radius 1 is 1.29 bits per heavy atom. The number of carbonyl (C=O) groups is 2. The van der Waals surface area contributed by atoms with Gasteiger partial charge < -0.3 is 10.1 Å². The van der Waals surface area contributed by atoms with Crippen LogP contribution >= 0.6 is 23.1 Å². The van der Waals surface area contributed by atoms with Crippen molar-refractivity contribution in [2.24, 2.45) is 0 Å². The van der Waals surface area contributed by atoms with E-state index in [4.69, 9.17) is 4.74 Å². The number of aromatic nitrogens is 1. The largest absolute Gasteiger partial charge is 0.465 e. The molecule has 0 saturated heterocycles. The maximum Gasteiger partial charge on any atom is 0.315 e. The van der Waals surface area contributed by atoms with Crippen molar-refractivity contribution in [1.82, 2.24) is 4.98 Å². The highest BCUT2D eigenvalue weighted by Gasteiger charge is 2.11. The summed E-state index contributed by atoms with van der Waals surface area (Å²) < 4.78 is 30.9. The molecule has 0 fully saturated rings. The number of rotatable bonds is 7. The molecule has 9 heteroatoms. The monoisotopic (exact) mass is 372 g/mol. The van der Waals surface area contributed by atoms with E-state index in [0.717, 1.165) is 23.9 Å². The van der Waals surface area contributed by atoms with Crippen LogP contribution in [0, 0.1) is 11.6 Å². The summed E-state index contributed by atoms with van der Waals surface area (Å²) in [5.41, 5.74) is 0.857. The first-order valence-electron chi connectivity index (χ1n) is 6.93.